The molecular weight excluding hydrogens is 232 g/mol. The number of aromatic nitrogens is 2. The summed E-state index contributed by atoms with van der Waals surface area (Å²) in [5, 5.41) is 7.49. The number of methoxy groups -OCH3 is 2. The van der Waals surface area contributed by atoms with Crippen molar-refractivity contribution in [3.63, 3.8) is 0 Å². The third kappa shape index (κ3) is 2.13. The molecule has 0 saturated heterocycles. The van der Waals surface area contributed by atoms with Crippen molar-refractivity contribution in [3.05, 3.63) is 24.3 Å². The summed E-state index contributed by atoms with van der Waals surface area (Å²) in [5.41, 5.74) is 12.9. The van der Waals surface area contributed by atoms with Crippen LogP contribution in [-0.4, -0.2) is 24.4 Å². The summed E-state index contributed by atoms with van der Waals surface area (Å²) < 4.78 is 10.5. The van der Waals surface area contributed by atoms with Crippen LogP contribution in [0.3, 0.4) is 0 Å². The number of ether oxygens (including phenoxy) is 2. The molecule has 0 saturated carbocycles. The average molecular weight is 246 g/mol. The highest BCUT2D eigenvalue weighted by molar-refractivity contribution is 5.80. The van der Waals surface area contributed by atoms with Crippen LogP contribution in [0.4, 0.5) is 11.6 Å². The topological polar surface area (TPSA) is 96.3 Å². The van der Waals surface area contributed by atoms with Gasteiger partial charge in [-0.25, -0.2) is 0 Å². The molecule has 0 fully saturated rings. The fourth-order valence-corrected chi connectivity index (χ4v) is 1.66. The van der Waals surface area contributed by atoms with Crippen molar-refractivity contribution in [2.45, 2.75) is 0 Å². The summed E-state index contributed by atoms with van der Waals surface area (Å²) in [6.45, 7) is 0. The Kier molecular flexibility index (Phi) is 3.18. The molecule has 1 aromatic heterocycles. The van der Waals surface area contributed by atoms with Crippen LogP contribution in [-0.2, 0) is 0 Å². The van der Waals surface area contributed by atoms with Crippen molar-refractivity contribution in [3.8, 4) is 22.6 Å². The fraction of sp³-hybridized carbons (Fsp3) is 0.167. The number of anilines is 2. The zero-order chi connectivity index (χ0) is 13.1. The molecule has 0 aliphatic carbocycles. The molecule has 0 aliphatic rings. The highest BCUT2D eigenvalue weighted by Gasteiger charge is 2.12. The standard InChI is InChI=1S/C12H14N4O2/c1-17-7-3-4-10(18-2)8(5-7)9-6-11(13)15-16-12(9)14/h3-6H,1-2H3,(H2,13,15)(H2,14,16). The van der Waals surface area contributed by atoms with Crippen LogP contribution >= 0.6 is 0 Å². The van der Waals surface area contributed by atoms with E-state index in [2.05, 4.69) is 10.2 Å². The molecule has 0 bridgehead atoms. The molecule has 4 N–H and O–H groups in total. The van der Waals surface area contributed by atoms with Gasteiger partial charge < -0.3 is 20.9 Å². The smallest absolute Gasteiger partial charge is 0.154 e. The van der Waals surface area contributed by atoms with Gasteiger partial charge in [0.2, 0.25) is 0 Å². The Bertz CT molecular complexity index is 572. The largest absolute Gasteiger partial charge is 0.497 e. The summed E-state index contributed by atoms with van der Waals surface area (Å²) in [6.07, 6.45) is 0. The second-order valence-corrected chi connectivity index (χ2v) is 3.63. The molecule has 2 aromatic rings. The number of nitrogens with two attached hydrogens (primary N) is 2. The van der Waals surface area contributed by atoms with Gasteiger partial charge in [-0.05, 0) is 24.3 Å². The molecule has 0 aliphatic heterocycles. The minimum absolute atomic E-state index is 0.288. The first-order valence-corrected chi connectivity index (χ1v) is 5.26. The number of nitrogen functional groups attached to an aromatic ring is 2. The first-order valence-electron chi connectivity index (χ1n) is 5.26. The Morgan fingerprint density at radius 3 is 2.39 bits per heavy atom. The molecule has 1 heterocycles. The summed E-state index contributed by atoms with van der Waals surface area (Å²) in [4.78, 5) is 0. The van der Waals surface area contributed by atoms with Gasteiger partial charge in [-0.2, -0.15) is 0 Å². The molecule has 0 atom stereocenters. The lowest BCUT2D eigenvalue weighted by molar-refractivity contribution is 0.404. The Hall–Kier alpha value is -2.50. The second-order valence-electron chi connectivity index (χ2n) is 3.63. The SMILES string of the molecule is COc1ccc(OC)c(-c2cc(N)nnc2N)c1. The molecule has 0 amide bonds. The first kappa shape index (κ1) is 12.0. The maximum absolute atomic E-state index is 5.81. The normalized spacial score (nSPS) is 10.1. The quantitative estimate of drug-likeness (QED) is 0.848. The predicted octanol–water partition coefficient (Wildman–Crippen LogP) is 1.33. The zero-order valence-electron chi connectivity index (χ0n) is 10.2. The Morgan fingerprint density at radius 1 is 0.944 bits per heavy atom. The molecule has 1 aromatic carbocycles. The van der Waals surface area contributed by atoms with Crippen molar-refractivity contribution in [1.29, 1.82) is 0 Å². The first-order chi connectivity index (χ1) is 8.65. The van der Waals surface area contributed by atoms with E-state index >= 15 is 0 Å². The third-order valence-electron chi connectivity index (χ3n) is 2.54. The predicted molar refractivity (Wildman–Crippen MR) is 69.4 cm³/mol. The lowest BCUT2D eigenvalue weighted by atomic mass is 10.1. The van der Waals surface area contributed by atoms with Gasteiger partial charge in [-0.3, -0.25) is 0 Å². The maximum Gasteiger partial charge on any atom is 0.154 e. The summed E-state index contributed by atoms with van der Waals surface area (Å²) in [5.74, 6) is 1.94. The van der Waals surface area contributed by atoms with E-state index in [0.29, 0.717) is 22.9 Å². The summed E-state index contributed by atoms with van der Waals surface area (Å²) >= 11 is 0. The van der Waals surface area contributed by atoms with E-state index in [0.717, 1.165) is 5.56 Å². The van der Waals surface area contributed by atoms with Gasteiger partial charge in [-0.15, -0.1) is 10.2 Å². The number of nitrogens with zero attached hydrogens (tertiary/aromatic N) is 2. The van der Waals surface area contributed by atoms with Gasteiger partial charge in [0, 0.05) is 11.1 Å². The molecule has 0 radical (unpaired) electrons. The number of rotatable bonds is 3. The van der Waals surface area contributed by atoms with Crippen LogP contribution in [0.1, 0.15) is 0 Å². The zero-order valence-corrected chi connectivity index (χ0v) is 10.2. The molecule has 6 nitrogen and oxygen atoms in total. The van der Waals surface area contributed by atoms with E-state index in [1.165, 1.54) is 0 Å². The number of hydrogen-bond acceptors (Lipinski definition) is 6. The van der Waals surface area contributed by atoms with E-state index in [9.17, 15) is 0 Å². The Labute approximate surface area is 105 Å². The molecule has 6 heteroatoms. The van der Waals surface area contributed by atoms with Gasteiger partial charge in [0.15, 0.2) is 5.82 Å². The molecular formula is C12H14N4O2. The number of hydrogen-bond donors (Lipinski definition) is 2. The molecule has 2 rings (SSSR count). The Morgan fingerprint density at radius 2 is 1.72 bits per heavy atom. The highest BCUT2D eigenvalue weighted by atomic mass is 16.5. The van der Waals surface area contributed by atoms with Crippen LogP contribution in [0.25, 0.3) is 11.1 Å². The van der Waals surface area contributed by atoms with Gasteiger partial charge in [0.05, 0.1) is 14.2 Å². The fourth-order valence-electron chi connectivity index (χ4n) is 1.66. The van der Waals surface area contributed by atoms with Crippen LogP contribution in [0.15, 0.2) is 24.3 Å². The molecule has 0 unspecified atom stereocenters. The van der Waals surface area contributed by atoms with Crippen LogP contribution in [0.2, 0.25) is 0 Å². The van der Waals surface area contributed by atoms with E-state index < -0.39 is 0 Å². The summed E-state index contributed by atoms with van der Waals surface area (Å²) in [6, 6.07) is 7.06. The lowest BCUT2D eigenvalue weighted by Gasteiger charge is -2.11. The number of benzene rings is 1. The van der Waals surface area contributed by atoms with Gasteiger partial charge in [-0.1, -0.05) is 0 Å². The van der Waals surface area contributed by atoms with Crippen LogP contribution in [0, 0.1) is 0 Å². The van der Waals surface area contributed by atoms with Gasteiger partial charge in [0.25, 0.3) is 0 Å². The van der Waals surface area contributed by atoms with Crippen molar-refractivity contribution in [2.75, 3.05) is 25.7 Å². The highest BCUT2D eigenvalue weighted by Crippen LogP contribution is 2.36. The van der Waals surface area contributed by atoms with Crippen LogP contribution < -0.4 is 20.9 Å². The van der Waals surface area contributed by atoms with Crippen molar-refractivity contribution in [2.24, 2.45) is 0 Å². The van der Waals surface area contributed by atoms with Crippen LogP contribution in [0.5, 0.6) is 11.5 Å². The van der Waals surface area contributed by atoms with E-state index in [-0.39, 0.29) is 5.82 Å². The van der Waals surface area contributed by atoms with Crippen molar-refractivity contribution in [1.82, 2.24) is 10.2 Å². The minimum atomic E-state index is 0.288. The van der Waals surface area contributed by atoms with Crippen molar-refractivity contribution >= 4 is 11.6 Å². The maximum atomic E-state index is 5.81. The van der Waals surface area contributed by atoms with Gasteiger partial charge >= 0.3 is 0 Å². The molecule has 18 heavy (non-hydrogen) atoms. The Balaban J connectivity index is 2.64. The lowest BCUT2D eigenvalue weighted by Crippen LogP contribution is -2.01. The monoisotopic (exact) mass is 246 g/mol. The average Bonchev–Trinajstić information content (AvgIpc) is 2.40. The summed E-state index contributed by atoms with van der Waals surface area (Å²) in [7, 11) is 3.17. The molecule has 0 spiro atoms. The van der Waals surface area contributed by atoms with E-state index in [1.807, 2.05) is 6.07 Å². The molecule has 94 valence electrons. The second kappa shape index (κ2) is 4.79. The third-order valence-corrected chi connectivity index (χ3v) is 2.54. The van der Waals surface area contributed by atoms with E-state index in [1.54, 1.807) is 32.4 Å². The minimum Gasteiger partial charge on any atom is -0.497 e. The van der Waals surface area contributed by atoms with Crippen molar-refractivity contribution < 1.29 is 9.47 Å². The van der Waals surface area contributed by atoms with E-state index in [4.69, 9.17) is 20.9 Å². The van der Waals surface area contributed by atoms with Gasteiger partial charge in [0.1, 0.15) is 17.3 Å².